The maximum Gasteiger partial charge on any atom is 0.140 e. The zero-order valence-electron chi connectivity index (χ0n) is 8.06. The summed E-state index contributed by atoms with van der Waals surface area (Å²) in [5.74, 6) is 0.619. The number of rotatable bonds is 1. The molecule has 78 valence electrons. The van der Waals surface area contributed by atoms with E-state index in [-0.39, 0.29) is 11.3 Å². The summed E-state index contributed by atoms with van der Waals surface area (Å²) in [7, 11) is 0. The highest BCUT2D eigenvalue weighted by Gasteiger charge is 2.55. The summed E-state index contributed by atoms with van der Waals surface area (Å²) in [4.78, 5) is 11.7. The van der Waals surface area contributed by atoms with Gasteiger partial charge in [0.25, 0.3) is 0 Å². The summed E-state index contributed by atoms with van der Waals surface area (Å²) in [6, 6.07) is 0. The minimum absolute atomic E-state index is 0.124. The lowest BCUT2D eigenvalue weighted by molar-refractivity contribution is -0.146. The lowest BCUT2D eigenvalue weighted by Crippen LogP contribution is -2.51. The van der Waals surface area contributed by atoms with Gasteiger partial charge in [0.1, 0.15) is 5.78 Å². The molecule has 2 saturated carbocycles. The molecule has 0 heterocycles. The molecule has 0 aromatic carbocycles. The van der Waals surface area contributed by atoms with E-state index in [2.05, 4.69) is 0 Å². The molecule has 0 aliphatic heterocycles. The van der Waals surface area contributed by atoms with Crippen molar-refractivity contribution >= 4 is 29.0 Å². The van der Waals surface area contributed by atoms with Gasteiger partial charge in [0.05, 0.1) is 0 Å². The quantitative estimate of drug-likeness (QED) is 0.672. The molecule has 1 atom stereocenters. The Morgan fingerprint density at radius 2 is 2.00 bits per heavy atom. The Kier molecular flexibility index (Phi) is 2.90. The van der Waals surface area contributed by atoms with Crippen molar-refractivity contribution in [2.45, 2.75) is 38.5 Å². The molecule has 2 rings (SSSR count). The van der Waals surface area contributed by atoms with Crippen molar-refractivity contribution in [1.82, 2.24) is 0 Å². The first-order valence-electron chi connectivity index (χ1n) is 5.20. The Balaban J connectivity index is 2.18. The second-order valence-electron chi connectivity index (χ2n) is 4.39. The smallest absolute Gasteiger partial charge is 0.140 e. The van der Waals surface area contributed by atoms with Gasteiger partial charge in [-0.15, -0.1) is 0 Å². The van der Waals surface area contributed by atoms with E-state index < -0.39 is 0 Å². The van der Waals surface area contributed by atoms with Gasteiger partial charge < -0.3 is 0 Å². The van der Waals surface area contributed by atoms with Gasteiger partial charge in [-0.25, -0.2) is 0 Å². The van der Waals surface area contributed by atoms with Gasteiger partial charge in [0, 0.05) is 28.3 Å². The second-order valence-corrected chi connectivity index (χ2v) is 5.05. The number of hydrogen-bond acceptors (Lipinski definition) is 1. The van der Waals surface area contributed by atoms with Crippen LogP contribution in [0.25, 0.3) is 0 Å². The van der Waals surface area contributed by atoms with Crippen LogP contribution in [-0.2, 0) is 4.79 Å². The highest BCUT2D eigenvalue weighted by atomic mass is 35.5. The third-order valence-electron chi connectivity index (χ3n) is 3.79. The molecular formula is C11H14Cl2O. The van der Waals surface area contributed by atoms with Crippen molar-refractivity contribution < 1.29 is 4.79 Å². The molecule has 14 heavy (non-hydrogen) atoms. The van der Waals surface area contributed by atoms with E-state index >= 15 is 0 Å². The van der Waals surface area contributed by atoms with E-state index in [1.807, 2.05) is 0 Å². The fourth-order valence-corrected chi connectivity index (χ4v) is 3.33. The second kappa shape index (κ2) is 3.86. The molecule has 1 nitrogen and oxygen atoms in total. The summed E-state index contributed by atoms with van der Waals surface area (Å²) in [6.45, 7) is 0. The van der Waals surface area contributed by atoms with Crippen molar-refractivity contribution in [2.75, 3.05) is 0 Å². The van der Waals surface area contributed by atoms with Gasteiger partial charge in [-0.05, 0) is 12.8 Å². The molecule has 3 heteroatoms. The summed E-state index contributed by atoms with van der Waals surface area (Å²) in [5, 5.41) is 0.674. The Morgan fingerprint density at radius 1 is 1.36 bits per heavy atom. The summed E-state index contributed by atoms with van der Waals surface area (Å²) >= 11 is 11.6. The summed E-state index contributed by atoms with van der Waals surface area (Å²) in [5.41, 5.74) is 1.30. The minimum Gasteiger partial charge on any atom is -0.299 e. The third kappa shape index (κ3) is 1.42. The number of carbonyl (C=O) groups excluding carboxylic acids is 1. The first-order valence-corrected chi connectivity index (χ1v) is 6.01. The van der Waals surface area contributed by atoms with Crippen LogP contribution in [0.3, 0.4) is 0 Å². The molecule has 0 aromatic heterocycles. The number of ketones is 1. The van der Waals surface area contributed by atoms with Gasteiger partial charge >= 0.3 is 0 Å². The zero-order valence-corrected chi connectivity index (χ0v) is 9.57. The monoisotopic (exact) mass is 232 g/mol. The van der Waals surface area contributed by atoms with Crippen LogP contribution in [0.4, 0.5) is 0 Å². The summed E-state index contributed by atoms with van der Waals surface area (Å²) in [6.07, 6.45) is 6.20. The van der Waals surface area contributed by atoms with Crippen LogP contribution in [0.15, 0.2) is 10.6 Å². The van der Waals surface area contributed by atoms with Crippen molar-refractivity contribution in [3.63, 3.8) is 0 Å². The highest BCUT2D eigenvalue weighted by molar-refractivity contribution is 6.37. The lowest BCUT2D eigenvalue weighted by atomic mass is 9.53. The van der Waals surface area contributed by atoms with E-state index in [1.165, 1.54) is 12.0 Å². The Morgan fingerprint density at radius 3 is 2.50 bits per heavy atom. The molecule has 0 radical (unpaired) electrons. The van der Waals surface area contributed by atoms with Crippen LogP contribution < -0.4 is 0 Å². The average Bonchev–Trinajstić information content (AvgIpc) is 2.26. The van der Waals surface area contributed by atoms with Gasteiger partial charge in [-0.1, -0.05) is 42.5 Å². The zero-order chi connectivity index (χ0) is 10.2. The minimum atomic E-state index is -0.124. The molecular weight excluding hydrogens is 219 g/mol. The number of halogens is 2. The van der Waals surface area contributed by atoms with Crippen molar-refractivity contribution in [2.24, 2.45) is 11.3 Å². The Labute approximate surface area is 94.5 Å². The van der Waals surface area contributed by atoms with Crippen LogP contribution in [0, 0.1) is 11.3 Å². The first-order chi connectivity index (χ1) is 6.70. The topological polar surface area (TPSA) is 17.1 Å². The maximum absolute atomic E-state index is 11.7. The van der Waals surface area contributed by atoms with E-state index in [1.54, 1.807) is 0 Å². The molecule has 2 fully saturated rings. The average molecular weight is 233 g/mol. The van der Waals surface area contributed by atoms with Crippen LogP contribution in [0.5, 0.6) is 0 Å². The molecule has 1 spiro atoms. The predicted octanol–water partition coefficient (Wildman–Crippen LogP) is 3.84. The number of hydrogen-bond donors (Lipinski definition) is 0. The number of Topliss-reactive ketones (excluding diaryl/α,β-unsaturated/α-hetero) is 1. The van der Waals surface area contributed by atoms with Crippen molar-refractivity contribution in [3.8, 4) is 0 Å². The van der Waals surface area contributed by atoms with E-state index in [0.29, 0.717) is 17.2 Å². The molecule has 2 aliphatic carbocycles. The highest BCUT2D eigenvalue weighted by Crippen LogP contribution is 2.56. The van der Waals surface area contributed by atoms with Gasteiger partial charge in [-0.3, -0.25) is 4.79 Å². The predicted molar refractivity (Wildman–Crippen MR) is 58.4 cm³/mol. The molecule has 2 aliphatic rings. The number of allylic oxidation sites excluding steroid dienone is 1. The standard InChI is InChI=1S/C11H14Cl2O/c12-7-9(13)8-6-10(14)11(8)4-2-1-3-5-11/h7-8H,1-6H2/b9-7-. The van der Waals surface area contributed by atoms with Crippen LogP contribution in [0.2, 0.25) is 0 Å². The van der Waals surface area contributed by atoms with Crippen LogP contribution in [-0.4, -0.2) is 5.78 Å². The Hall–Kier alpha value is -0.0100. The molecule has 0 bridgehead atoms. The fourth-order valence-electron chi connectivity index (χ4n) is 2.89. The molecule has 0 saturated heterocycles. The fraction of sp³-hybridized carbons (Fsp3) is 0.727. The maximum atomic E-state index is 11.7. The van der Waals surface area contributed by atoms with Gasteiger partial charge in [-0.2, -0.15) is 0 Å². The van der Waals surface area contributed by atoms with Crippen LogP contribution >= 0.6 is 23.2 Å². The molecule has 0 amide bonds. The molecule has 1 unspecified atom stereocenters. The van der Waals surface area contributed by atoms with Crippen molar-refractivity contribution in [3.05, 3.63) is 10.6 Å². The Bertz CT molecular complexity index is 277. The van der Waals surface area contributed by atoms with Crippen LogP contribution in [0.1, 0.15) is 38.5 Å². The van der Waals surface area contributed by atoms with Gasteiger partial charge in [0.15, 0.2) is 0 Å². The third-order valence-corrected chi connectivity index (χ3v) is 4.51. The van der Waals surface area contributed by atoms with E-state index in [4.69, 9.17) is 23.2 Å². The van der Waals surface area contributed by atoms with Gasteiger partial charge in [0.2, 0.25) is 0 Å². The normalized spacial score (nSPS) is 31.7. The largest absolute Gasteiger partial charge is 0.299 e. The first kappa shape index (κ1) is 10.5. The molecule has 0 N–H and O–H groups in total. The summed E-state index contributed by atoms with van der Waals surface area (Å²) < 4.78 is 0. The SMILES string of the molecule is O=C1CC(/C(Cl)=C/Cl)C12CCCCC2. The number of carbonyl (C=O) groups is 1. The molecule has 0 aromatic rings. The van der Waals surface area contributed by atoms with E-state index in [9.17, 15) is 4.79 Å². The lowest BCUT2D eigenvalue weighted by Gasteiger charge is -2.50. The van der Waals surface area contributed by atoms with Crippen molar-refractivity contribution in [1.29, 1.82) is 0 Å². The van der Waals surface area contributed by atoms with E-state index in [0.717, 1.165) is 25.7 Å².